The van der Waals surface area contributed by atoms with Crippen LogP contribution in [0, 0.1) is 11.3 Å². The number of nitrogens with zero attached hydrogens (tertiary/aromatic N) is 1. The molecule has 0 amide bonds. The van der Waals surface area contributed by atoms with E-state index in [0.717, 1.165) is 5.56 Å². The molecule has 0 saturated heterocycles. The van der Waals surface area contributed by atoms with Crippen LogP contribution in [0.15, 0.2) is 42.5 Å². The monoisotopic (exact) mass is 289 g/mol. The maximum absolute atomic E-state index is 9.49. The number of hydrogen-bond donors (Lipinski definition) is 1. The number of allylic oxidation sites excluding steroid dienone is 1. The fourth-order valence-electron chi connectivity index (χ4n) is 1.63. The summed E-state index contributed by atoms with van der Waals surface area (Å²) in [4.78, 5) is 0. The molecule has 0 aliphatic heterocycles. The first-order chi connectivity index (χ1) is 9.11. The van der Waals surface area contributed by atoms with Crippen LogP contribution in [0.5, 0.6) is 5.75 Å². The lowest BCUT2D eigenvalue weighted by Crippen LogP contribution is -1.82. The van der Waals surface area contributed by atoms with Crippen LogP contribution >= 0.6 is 23.2 Å². The van der Waals surface area contributed by atoms with E-state index >= 15 is 0 Å². The minimum atomic E-state index is -0.154. The number of benzene rings is 2. The summed E-state index contributed by atoms with van der Waals surface area (Å²) >= 11 is 11.7. The summed E-state index contributed by atoms with van der Waals surface area (Å²) in [5.74, 6) is -0.154. The second-order valence-electron chi connectivity index (χ2n) is 3.87. The Morgan fingerprint density at radius 2 is 1.68 bits per heavy atom. The third-order valence-electron chi connectivity index (χ3n) is 2.56. The van der Waals surface area contributed by atoms with Crippen LogP contribution in [0.4, 0.5) is 0 Å². The van der Waals surface area contributed by atoms with Gasteiger partial charge in [0.15, 0.2) is 5.75 Å². The Balaban J connectivity index is 2.48. The van der Waals surface area contributed by atoms with Gasteiger partial charge in [-0.05, 0) is 29.3 Å². The molecule has 0 spiro atoms. The number of aromatic hydroxyl groups is 1. The molecule has 94 valence electrons. The second kappa shape index (κ2) is 5.79. The molecule has 19 heavy (non-hydrogen) atoms. The molecule has 2 nitrogen and oxygen atoms in total. The van der Waals surface area contributed by atoms with Gasteiger partial charge < -0.3 is 5.11 Å². The summed E-state index contributed by atoms with van der Waals surface area (Å²) in [5.41, 5.74) is 1.97. The molecule has 2 rings (SSSR count). The fourth-order valence-corrected chi connectivity index (χ4v) is 2.14. The van der Waals surface area contributed by atoms with Gasteiger partial charge in [-0.1, -0.05) is 53.5 Å². The van der Waals surface area contributed by atoms with Crippen molar-refractivity contribution in [2.45, 2.75) is 0 Å². The van der Waals surface area contributed by atoms with Gasteiger partial charge in [0, 0.05) is 0 Å². The summed E-state index contributed by atoms with van der Waals surface area (Å²) in [5, 5.41) is 19.0. The maximum Gasteiger partial charge on any atom is 0.152 e. The van der Waals surface area contributed by atoms with Crippen molar-refractivity contribution in [2.75, 3.05) is 0 Å². The van der Waals surface area contributed by atoms with Crippen molar-refractivity contribution in [3.63, 3.8) is 0 Å². The summed E-state index contributed by atoms with van der Waals surface area (Å²) in [6, 6.07) is 14.5. The lowest BCUT2D eigenvalue weighted by atomic mass is 10.0. The van der Waals surface area contributed by atoms with Gasteiger partial charge in [0.2, 0.25) is 0 Å². The molecule has 0 bridgehead atoms. The molecule has 0 aliphatic carbocycles. The standard InChI is InChI=1S/C15H9Cl2NO/c16-13-7-10(8-14(17)15(13)19)6-12(9-18)11-4-2-1-3-5-11/h1-8,19H/b12-6+. The third-order valence-corrected chi connectivity index (χ3v) is 3.13. The van der Waals surface area contributed by atoms with E-state index in [9.17, 15) is 10.4 Å². The van der Waals surface area contributed by atoms with Crippen molar-refractivity contribution in [3.8, 4) is 11.8 Å². The van der Waals surface area contributed by atoms with E-state index in [1.165, 1.54) is 0 Å². The first kappa shape index (κ1) is 13.5. The fraction of sp³-hybridized carbons (Fsp3) is 0. The Bertz CT molecular complexity index is 649. The molecule has 2 aromatic carbocycles. The van der Waals surface area contributed by atoms with Crippen LogP contribution in [-0.2, 0) is 0 Å². The van der Waals surface area contributed by atoms with E-state index in [-0.39, 0.29) is 15.8 Å². The van der Waals surface area contributed by atoms with Crippen LogP contribution in [0.25, 0.3) is 11.6 Å². The SMILES string of the molecule is N#C/C(=C\c1cc(Cl)c(O)c(Cl)c1)c1ccccc1. The lowest BCUT2D eigenvalue weighted by Gasteiger charge is -2.03. The van der Waals surface area contributed by atoms with E-state index in [4.69, 9.17) is 23.2 Å². The number of phenols is 1. The van der Waals surface area contributed by atoms with E-state index < -0.39 is 0 Å². The van der Waals surface area contributed by atoms with Gasteiger partial charge in [0.25, 0.3) is 0 Å². The smallest absolute Gasteiger partial charge is 0.152 e. The highest BCUT2D eigenvalue weighted by atomic mass is 35.5. The number of hydrogen-bond acceptors (Lipinski definition) is 2. The van der Waals surface area contributed by atoms with Crippen molar-refractivity contribution in [2.24, 2.45) is 0 Å². The first-order valence-corrected chi connectivity index (χ1v) is 6.22. The van der Waals surface area contributed by atoms with Crippen molar-refractivity contribution >= 4 is 34.9 Å². The predicted molar refractivity (Wildman–Crippen MR) is 78.1 cm³/mol. The van der Waals surface area contributed by atoms with Crippen LogP contribution in [0.2, 0.25) is 10.0 Å². The number of phenolic OH excluding ortho intramolecular Hbond substituents is 1. The van der Waals surface area contributed by atoms with E-state index in [1.54, 1.807) is 18.2 Å². The van der Waals surface area contributed by atoms with Gasteiger partial charge in [-0.3, -0.25) is 0 Å². The molecule has 0 aromatic heterocycles. The zero-order valence-corrected chi connectivity index (χ0v) is 11.3. The zero-order valence-electron chi connectivity index (χ0n) is 9.77. The van der Waals surface area contributed by atoms with E-state index in [0.29, 0.717) is 11.1 Å². The molecular weight excluding hydrogens is 281 g/mol. The average Bonchev–Trinajstić information content (AvgIpc) is 2.43. The largest absolute Gasteiger partial charge is 0.505 e. The molecule has 0 unspecified atom stereocenters. The molecule has 1 N–H and O–H groups in total. The number of halogens is 2. The zero-order chi connectivity index (χ0) is 13.8. The molecule has 0 aliphatic rings. The number of rotatable bonds is 2. The van der Waals surface area contributed by atoms with Crippen molar-refractivity contribution in [1.82, 2.24) is 0 Å². The molecule has 4 heteroatoms. The quantitative estimate of drug-likeness (QED) is 0.640. The Kier molecular flexibility index (Phi) is 4.11. The van der Waals surface area contributed by atoms with E-state index in [2.05, 4.69) is 6.07 Å². The van der Waals surface area contributed by atoms with Crippen molar-refractivity contribution < 1.29 is 5.11 Å². The second-order valence-corrected chi connectivity index (χ2v) is 4.68. The predicted octanol–water partition coefficient (Wildman–Crippen LogP) is 4.76. The Labute approximate surface area is 121 Å². The molecule has 0 atom stereocenters. The Hall–Kier alpha value is -1.95. The van der Waals surface area contributed by atoms with E-state index in [1.807, 2.05) is 30.3 Å². The first-order valence-electron chi connectivity index (χ1n) is 5.47. The number of nitriles is 1. The molecule has 0 fully saturated rings. The normalized spacial score (nSPS) is 11.1. The molecule has 0 saturated carbocycles. The molecule has 0 radical (unpaired) electrons. The van der Waals surface area contributed by atoms with Crippen molar-refractivity contribution in [1.29, 1.82) is 5.26 Å². The van der Waals surface area contributed by atoms with Crippen LogP contribution in [0.3, 0.4) is 0 Å². The highest BCUT2D eigenvalue weighted by Gasteiger charge is 2.07. The Morgan fingerprint density at radius 1 is 1.11 bits per heavy atom. The minimum absolute atomic E-state index is 0.154. The molecular formula is C15H9Cl2NO. The van der Waals surface area contributed by atoms with Gasteiger partial charge >= 0.3 is 0 Å². The van der Waals surface area contributed by atoms with Crippen LogP contribution < -0.4 is 0 Å². The molecule has 2 aromatic rings. The van der Waals surface area contributed by atoms with Gasteiger partial charge in [0.05, 0.1) is 21.7 Å². The van der Waals surface area contributed by atoms with Gasteiger partial charge in [-0.15, -0.1) is 0 Å². The van der Waals surface area contributed by atoms with Crippen LogP contribution in [-0.4, -0.2) is 5.11 Å². The van der Waals surface area contributed by atoms with Gasteiger partial charge in [-0.2, -0.15) is 5.26 Å². The summed E-state index contributed by atoms with van der Waals surface area (Å²) in [7, 11) is 0. The van der Waals surface area contributed by atoms with Gasteiger partial charge in [-0.25, -0.2) is 0 Å². The highest BCUT2D eigenvalue weighted by molar-refractivity contribution is 6.37. The topological polar surface area (TPSA) is 44.0 Å². The van der Waals surface area contributed by atoms with Gasteiger partial charge in [0.1, 0.15) is 0 Å². The van der Waals surface area contributed by atoms with Crippen LogP contribution in [0.1, 0.15) is 11.1 Å². The average molecular weight is 290 g/mol. The minimum Gasteiger partial charge on any atom is -0.505 e. The third kappa shape index (κ3) is 3.08. The molecule has 0 heterocycles. The summed E-state index contributed by atoms with van der Waals surface area (Å²) < 4.78 is 0. The maximum atomic E-state index is 9.49. The lowest BCUT2D eigenvalue weighted by molar-refractivity contribution is 0.476. The van der Waals surface area contributed by atoms with Crippen molar-refractivity contribution in [3.05, 3.63) is 63.6 Å². The summed E-state index contributed by atoms with van der Waals surface area (Å²) in [6.07, 6.45) is 1.67. The Morgan fingerprint density at radius 3 is 2.21 bits per heavy atom. The highest BCUT2D eigenvalue weighted by Crippen LogP contribution is 2.33. The summed E-state index contributed by atoms with van der Waals surface area (Å²) in [6.45, 7) is 0.